The largest absolute Gasteiger partial charge is 0.462 e. The maximum absolute atomic E-state index is 15.0. The molecule has 0 aliphatic carbocycles. The molecule has 1 aromatic heterocycles. The number of halogens is 2. The number of aromatic nitrogens is 2. The number of piperidine rings is 1. The molecule has 0 bridgehead atoms. The highest BCUT2D eigenvalue weighted by Crippen LogP contribution is 2.41. The predicted molar refractivity (Wildman–Crippen MR) is 96.7 cm³/mol. The van der Waals surface area contributed by atoms with Gasteiger partial charge in [0.15, 0.2) is 0 Å². The molecule has 0 spiro atoms. The van der Waals surface area contributed by atoms with Crippen LogP contribution in [0.3, 0.4) is 0 Å². The second-order valence-corrected chi connectivity index (χ2v) is 6.74. The third kappa shape index (κ3) is 4.47. The third-order valence-corrected chi connectivity index (χ3v) is 4.69. The maximum Gasteiger partial charge on any atom is 0.341 e. The molecule has 2 aromatic rings. The molecule has 0 saturated carbocycles. The Morgan fingerprint density at radius 3 is 2.74 bits per heavy atom. The van der Waals surface area contributed by atoms with E-state index in [1.165, 1.54) is 6.20 Å². The number of hydrogen-bond acceptors (Lipinski definition) is 5. The van der Waals surface area contributed by atoms with Gasteiger partial charge in [-0.15, -0.1) is 0 Å². The first-order valence-electron chi connectivity index (χ1n) is 9.05. The molecular formula is C20H23F2N3O2. The van der Waals surface area contributed by atoms with Gasteiger partial charge in [0.05, 0.1) is 30.3 Å². The number of rotatable bonds is 5. The first-order chi connectivity index (χ1) is 12.9. The van der Waals surface area contributed by atoms with Crippen LogP contribution in [0.25, 0.3) is 0 Å². The van der Waals surface area contributed by atoms with Crippen LogP contribution in [0, 0.1) is 6.92 Å². The molecule has 1 atom stereocenters. The molecule has 7 heteroatoms. The zero-order valence-electron chi connectivity index (χ0n) is 15.5. The van der Waals surface area contributed by atoms with Gasteiger partial charge in [-0.2, -0.15) is 0 Å². The topological polar surface area (TPSA) is 55.3 Å². The average Bonchev–Trinajstić information content (AvgIpc) is 2.62. The number of ether oxygens (including phenoxy) is 1. The molecule has 1 aliphatic heterocycles. The number of benzene rings is 1. The molecule has 27 heavy (non-hydrogen) atoms. The number of alkyl halides is 2. The molecule has 2 heterocycles. The van der Waals surface area contributed by atoms with Crippen LogP contribution in [-0.2, 0) is 11.3 Å². The number of aryl methyl sites for hydroxylation is 1. The zero-order valence-corrected chi connectivity index (χ0v) is 15.5. The van der Waals surface area contributed by atoms with Crippen molar-refractivity contribution in [2.75, 3.05) is 19.7 Å². The van der Waals surface area contributed by atoms with Crippen LogP contribution in [0.5, 0.6) is 0 Å². The quantitative estimate of drug-likeness (QED) is 0.748. The van der Waals surface area contributed by atoms with Gasteiger partial charge < -0.3 is 4.74 Å². The predicted octanol–water partition coefficient (Wildman–Crippen LogP) is 3.59. The van der Waals surface area contributed by atoms with Gasteiger partial charge in [0.25, 0.3) is 5.92 Å². The van der Waals surface area contributed by atoms with Gasteiger partial charge in [-0.05, 0) is 32.4 Å². The number of nitrogens with zero attached hydrogens (tertiary/aromatic N) is 3. The lowest BCUT2D eigenvalue weighted by molar-refractivity contribution is -0.0860. The third-order valence-electron chi connectivity index (χ3n) is 4.69. The fourth-order valence-corrected chi connectivity index (χ4v) is 3.44. The molecule has 1 aromatic carbocycles. The lowest BCUT2D eigenvalue weighted by atomic mass is 9.87. The highest BCUT2D eigenvalue weighted by molar-refractivity contribution is 5.90. The summed E-state index contributed by atoms with van der Waals surface area (Å²) in [5.41, 5.74) is 1.12. The van der Waals surface area contributed by atoms with E-state index in [0.717, 1.165) is 5.56 Å². The Bertz CT molecular complexity index is 799. The molecule has 0 N–H and O–H groups in total. The molecule has 3 rings (SSSR count). The summed E-state index contributed by atoms with van der Waals surface area (Å²) in [6.07, 6.45) is 1.50. The van der Waals surface area contributed by atoms with Crippen LogP contribution in [0.15, 0.2) is 36.5 Å². The Hall–Kier alpha value is -2.41. The first-order valence-corrected chi connectivity index (χ1v) is 9.05. The van der Waals surface area contributed by atoms with E-state index in [2.05, 4.69) is 9.97 Å². The van der Waals surface area contributed by atoms with Crippen LogP contribution < -0.4 is 0 Å². The second-order valence-electron chi connectivity index (χ2n) is 6.74. The normalized spacial score (nSPS) is 19.6. The molecule has 5 nitrogen and oxygen atoms in total. The smallest absolute Gasteiger partial charge is 0.341 e. The van der Waals surface area contributed by atoms with E-state index in [1.54, 1.807) is 18.7 Å². The van der Waals surface area contributed by atoms with E-state index in [-0.39, 0.29) is 30.8 Å². The van der Waals surface area contributed by atoms with Crippen molar-refractivity contribution in [2.45, 2.75) is 38.7 Å². The van der Waals surface area contributed by atoms with Gasteiger partial charge >= 0.3 is 5.97 Å². The lowest BCUT2D eigenvalue weighted by Crippen LogP contribution is -2.47. The molecular weight excluding hydrogens is 352 g/mol. The van der Waals surface area contributed by atoms with Crippen LogP contribution in [0.2, 0.25) is 0 Å². The Balaban J connectivity index is 1.82. The van der Waals surface area contributed by atoms with Gasteiger partial charge in [-0.1, -0.05) is 30.3 Å². The van der Waals surface area contributed by atoms with Crippen molar-refractivity contribution in [1.29, 1.82) is 0 Å². The maximum atomic E-state index is 15.0. The fraction of sp³-hybridized carbons (Fsp3) is 0.450. The zero-order chi connectivity index (χ0) is 19.4. The fourth-order valence-electron chi connectivity index (χ4n) is 3.44. The Kier molecular flexibility index (Phi) is 5.79. The van der Waals surface area contributed by atoms with Crippen molar-refractivity contribution in [3.8, 4) is 0 Å². The van der Waals surface area contributed by atoms with E-state index in [0.29, 0.717) is 18.9 Å². The molecule has 1 fully saturated rings. The second kappa shape index (κ2) is 8.08. The van der Waals surface area contributed by atoms with Crippen LogP contribution in [0.1, 0.15) is 46.7 Å². The van der Waals surface area contributed by atoms with E-state index in [9.17, 15) is 4.79 Å². The van der Waals surface area contributed by atoms with Gasteiger partial charge in [0.1, 0.15) is 5.82 Å². The monoisotopic (exact) mass is 375 g/mol. The van der Waals surface area contributed by atoms with Crippen LogP contribution >= 0.6 is 0 Å². The molecule has 1 aliphatic rings. The number of carbonyl (C=O) groups excluding carboxylic acids is 1. The highest BCUT2D eigenvalue weighted by Gasteiger charge is 2.47. The Labute approximate surface area is 157 Å². The summed E-state index contributed by atoms with van der Waals surface area (Å²) in [6, 6.07) is 9.55. The molecule has 144 valence electrons. The minimum absolute atomic E-state index is 0.0311. The summed E-state index contributed by atoms with van der Waals surface area (Å²) >= 11 is 0. The summed E-state index contributed by atoms with van der Waals surface area (Å²) < 4.78 is 35.0. The SMILES string of the molecule is CCOC(=O)c1cnc(C)nc1C1CCN(Cc2ccccc2)CC1(F)F. The van der Waals surface area contributed by atoms with E-state index in [4.69, 9.17) is 4.74 Å². The summed E-state index contributed by atoms with van der Waals surface area (Å²) in [5, 5.41) is 0. The highest BCUT2D eigenvalue weighted by atomic mass is 19.3. The van der Waals surface area contributed by atoms with E-state index in [1.807, 2.05) is 30.3 Å². The molecule has 0 radical (unpaired) electrons. The number of carbonyl (C=O) groups is 1. The summed E-state index contributed by atoms with van der Waals surface area (Å²) in [5.74, 6) is -4.43. The van der Waals surface area contributed by atoms with Crippen molar-refractivity contribution < 1.29 is 18.3 Å². The molecule has 0 amide bonds. The average molecular weight is 375 g/mol. The van der Waals surface area contributed by atoms with E-state index < -0.39 is 17.8 Å². The number of hydrogen-bond donors (Lipinski definition) is 0. The van der Waals surface area contributed by atoms with Crippen molar-refractivity contribution in [3.63, 3.8) is 0 Å². The standard InChI is InChI=1S/C20H23F2N3O2/c1-3-27-19(26)16-11-23-14(2)24-18(16)17-9-10-25(13-20(17,21)22)12-15-7-5-4-6-8-15/h4-8,11,17H,3,9-10,12-13H2,1-2H3. The minimum atomic E-state index is -3.00. The Morgan fingerprint density at radius 1 is 1.33 bits per heavy atom. The summed E-state index contributed by atoms with van der Waals surface area (Å²) in [4.78, 5) is 22.1. The van der Waals surface area contributed by atoms with Gasteiger partial charge in [0.2, 0.25) is 0 Å². The minimum Gasteiger partial charge on any atom is -0.462 e. The number of esters is 1. The van der Waals surface area contributed by atoms with Crippen molar-refractivity contribution in [3.05, 3.63) is 59.2 Å². The summed E-state index contributed by atoms with van der Waals surface area (Å²) in [7, 11) is 0. The summed E-state index contributed by atoms with van der Waals surface area (Å²) in [6.45, 7) is 4.05. The van der Waals surface area contributed by atoms with E-state index >= 15 is 8.78 Å². The van der Waals surface area contributed by atoms with Crippen molar-refractivity contribution in [1.82, 2.24) is 14.9 Å². The number of likely N-dealkylation sites (tertiary alicyclic amines) is 1. The molecule has 1 saturated heterocycles. The first kappa shape index (κ1) is 19.4. The van der Waals surface area contributed by atoms with Gasteiger partial charge in [-0.3, -0.25) is 4.90 Å². The van der Waals surface area contributed by atoms with Gasteiger partial charge in [-0.25, -0.2) is 23.5 Å². The van der Waals surface area contributed by atoms with Crippen molar-refractivity contribution in [2.24, 2.45) is 0 Å². The van der Waals surface area contributed by atoms with Crippen LogP contribution in [0.4, 0.5) is 8.78 Å². The molecule has 1 unspecified atom stereocenters. The van der Waals surface area contributed by atoms with Crippen molar-refractivity contribution >= 4 is 5.97 Å². The lowest BCUT2D eigenvalue weighted by Gasteiger charge is -2.38. The Morgan fingerprint density at radius 2 is 2.07 bits per heavy atom. The van der Waals surface area contributed by atoms with Crippen LogP contribution in [-0.4, -0.2) is 46.5 Å². The van der Waals surface area contributed by atoms with Gasteiger partial charge in [0, 0.05) is 12.7 Å².